The Kier molecular flexibility index (Phi) is 3.18. The van der Waals surface area contributed by atoms with Crippen molar-refractivity contribution in [1.29, 1.82) is 0 Å². The van der Waals surface area contributed by atoms with Crippen molar-refractivity contribution in [2.75, 3.05) is 13.3 Å². The van der Waals surface area contributed by atoms with Gasteiger partial charge < -0.3 is 15.2 Å². The number of hydrogen-bond donors (Lipinski definition) is 1. The summed E-state index contributed by atoms with van der Waals surface area (Å²) in [7, 11) is 0. The maximum Gasteiger partial charge on any atom is 0.189 e. The first-order valence-electron chi connectivity index (χ1n) is 5.04. The molecule has 1 aromatic carbocycles. The molecular formula is C11H14FNO2. The molecule has 1 aromatic rings. The molecule has 3 nitrogen and oxygen atoms in total. The molecule has 1 aliphatic heterocycles. The third-order valence-corrected chi connectivity index (χ3v) is 2.47. The fourth-order valence-electron chi connectivity index (χ4n) is 1.70. The average molecular weight is 211 g/mol. The van der Waals surface area contributed by atoms with Crippen molar-refractivity contribution in [2.24, 2.45) is 5.73 Å². The number of rotatable bonds is 3. The second kappa shape index (κ2) is 4.59. The molecule has 0 aliphatic carbocycles. The van der Waals surface area contributed by atoms with Gasteiger partial charge in [0, 0.05) is 0 Å². The topological polar surface area (TPSA) is 44.5 Å². The molecule has 0 unspecified atom stereocenters. The highest BCUT2D eigenvalue weighted by Crippen LogP contribution is 2.30. The van der Waals surface area contributed by atoms with Gasteiger partial charge in [-0.1, -0.05) is 6.07 Å². The van der Waals surface area contributed by atoms with E-state index in [1.165, 1.54) is 6.07 Å². The molecule has 82 valence electrons. The van der Waals surface area contributed by atoms with E-state index < -0.39 is 0 Å². The van der Waals surface area contributed by atoms with Crippen molar-refractivity contribution in [2.45, 2.75) is 19.4 Å². The first-order valence-corrected chi connectivity index (χ1v) is 5.04. The van der Waals surface area contributed by atoms with E-state index in [1.54, 1.807) is 6.07 Å². The fourth-order valence-corrected chi connectivity index (χ4v) is 1.70. The lowest BCUT2D eigenvalue weighted by atomic mass is 10.0. The predicted octanol–water partition coefficient (Wildman–Crippen LogP) is 1.58. The Bertz CT molecular complexity index is 355. The zero-order chi connectivity index (χ0) is 10.7. The van der Waals surface area contributed by atoms with Crippen LogP contribution in [0.4, 0.5) is 4.39 Å². The van der Waals surface area contributed by atoms with E-state index in [2.05, 4.69) is 0 Å². The largest absolute Gasteiger partial charge is 0.467 e. The fraction of sp³-hybridized carbons (Fsp3) is 0.455. The number of nitrogens with two attached hydrogens (primary N) is 1. The molecule has 2 N–H and O–H groups in total. The minimum Gasteiger partial charge on any atom is -0.467 e. The molecule has 0 bridgehead atoms. The average Bonchev–Trinajstić information content (AvgIpc) is 2.29. The van der Waals surface area contributed by atoms with Crippen LogP contribution in [0, 0.1) is 5.82 Å². The number of ether oxygens (including phenoxy) is 2. The second-order valence-electron chi connectivity index (χ2n) is 3.52. The van der Waals surface area contributed by atoms with Crippen LogP contribution in [0.25, 0.3) is 0 Å². The maximum atomic E-state index is 13.4. The number of hydrogen-bond acceptors (Lipinski definition) is 3. The molecule has 0 atom stereocenters. The minimum atomic E-state index is -0.263. The predicted molar refractivity (Wildman–Crippen MR) is 54.1 cm³/mol. The van der Waals surface area contributed by atoms with E-state index in [4.69, 9.17) is 15.2 Å². The van der Waals surface area contributed by atoms with Gasteiger partial charge in [-0.2, -0.15) is 0 Å². The first kappa shape index (κ1) is 10.4. The molecule has 0 fully saturated rings. The normalized spacial score (nSPS) is 14.5. The van der Waals surface area contributed by atoms with Crippen LogP contribution >= 0.6 is 0 Å². The lowest BCUT2D eigenvalue weighted by molar-refractivity contribution is -0.0189. The highest BCUT2D eigenvalue weighted by molar-refractivity contribution is 5.43. The van der Waals surface area contributed by atoms with Crippen molar-refractivity contribution < 1.29 is 13.9 Å². The van der Waals surface area contributed by atoms with Crippen LogP contribution in [0.5, 0.6) is 5.75 Å². The highest BCUT2D eigenvalue weighted by atomic mass is 19.1. The van der Waals surface area contributed by atoms with Gasteiger partial charge in [0.1, 0.15) is 11.6 Å². The lowest BCUT2D eigenvalue weighted by Gasteiger charge is -2.21. The van der Waals surface area contributed by atoms with Crippen molar-refractivity contribution in [3.8, 4) is 5.75 Å². The molecular weight excluding hydrogens is 197 g/mol. The number of benzene rings is 1. The summed E-state index contributed by atoms with van der Waals surface area (Å²) in [5, 5.41) is 0. The second-order valence-corrected chi connectivity index (χ2v) is 3.52. The molecule has 0 amide bonds. The van der Waals surface area contributed by atoms with E-state index in [0.717, 1.165) is 18.4 Å². The van der Waals surface area contributed by atoms with E-state index in [-0.39, 0.29) is 19.2 Å². The first-order chi connectivity index (χ1) is 7.33. The van der Waals surface area contributed by atoms with Gasteiger partial charge in [-0.05, 0) is 31.0 Å². The monoisotopic (exact) mass is 211 g/mol. The smallest absolute Gasteiger partial charge is 0.189 e. The Morgan fingerprint density at radius 2 is 2.27 bits per heavy atom. The van der Waals surface area contributed by atoms with Crippen LogP contribution in [0.3, 0.4) is 0 Å². The number of aryl methyl sites for hydroxylation is 1. The van der Waals surface area contributed by atoms with Gasteiger partial charge in [0.25, 0.3) is 0 Å². The van der Waals surface area contributed by atoms with Gasteiger partial charge in [0.05, 0.1) is 12.2 Å². The van der Waals surface area contributed by atoms with Crippen LogP contribution in [0.2, 0.25) is 0 Å². The number of halogens is 1. The molecule has 1 heterocycles. The van der Waals surface area contributed by atoms with E-state index >= 15 is 0 Å². The molecule has 1 aliphatic rings. The summed E-state index contributed by atoms with van der Waals surface area (Å²) in [5.74, 6) is 0.385. The molecule has 0 spiro atoms. The standard InChI is InChI=1S/C11H14FNO2/c12-10-4-3-8(2-1-5-13)11-9(10)6-14-7-15-11/h3-4H,1-2,5-7,13H2. The highest BCUT2D eigenvalue weighted by Gasteiger charge is 2.18. The number of fused-ring (bicyclic) bond motifs is 1. The van der Waals surface area contributed by atoms with Crippen molar-refractivity contribution >= 4 is 0 Å². The molecule has 0 saturated carbocycles. The Balaban J connectivity index is 2.30. The third kappa shape index (κ3) is 2.11. The molecule has 0 saturated heterocycles. The summed E-state index contributed by atoms with van der Waals surface area (Å²) in [5.41, 5.74) is 6.98. The van der Waals surface area contributed by atoms with Gasteiger partial charge in [0.15, 0.2) is 6.79 Å². The Morgan fingerprint density at radius 3 is 3.07 bits per heavy atom. The zero-order valence-electron chi connectivity index (χ0n) is 8.46. The Hall–Kier alpha value is -1.13. The Morgan fingerprint density at radius 1 is 1.40 bits per heavy atom. The molecule has 4 heteroatoms. The summed E-state index contributed by atoms with van der Waals surface area (Å²) in [6.07, 6.45) is 1.70. The van der Waals surface area contributed by atoms with Gasteiger partial charge in [-0.15, -0.1) is 0 Å². The summed E-state index contributed by atoms with van der Waals surface area (Å²) in [6, 6.07) is 3.22. The van der Waals surface area contributed by atoms with Gasteiger partial charge >= 0.3 is 0 Å². The third-order valence-electron chi connectivity index (χ3n) is 2.47. The van der Waals surface area contributed by atoms with Gasteiger partial charge in [-0.3, -0.25) is 0 Å². The van der Waals surface area contributed by atoms with Crippen LogP contribution in [0.1, 0.15) is 17.5 Å². The molecule has 0 radical (unpaired) electrons. The SMILES string of the molecule is NCCCc1ccc(F)c2c1OCOC2. The quantitative estimate of drug-likeness (QED) is 0.825. The van der Waals surface area contributed by atoms with Crippen LogP contribution in [-0.2, 0) is 17.8 Å². The maximum absolute atomic E-state index is 13.4. The van der Waals surface area contributed by atoms with Gasteiger partial charge in [0.2, 0.25) is 0 Å². The molecule has 0 aromatic heterocycles. The lowest BCUT2D eigenvalue weighted by Crippen LogP contribution is -2.15. The van der Waals surface area contributed by atoms with E-state index in [1.807, 2.05) is 0 Å². The van der Waals surface area contributed by atoms with Crippen LogP contribution < -0.4 is 10.5 Å². The van der Waals surface area contributed by atoms with E-state index in [0.29, 0.717) is 17.9 Å². The van der Waals surface area contributed by atoms with Gasteiger partial charge in [-0.25, -0.2) is 4.39 Å². The summed E-state index contributed by atoms with van der Waals surface area (Å²) in [4.78, 5) is 0. The van der Waals surface area contributed by atoms with Crippen LogP contribution in [0.15, 0.2) is 12.1 Å². The van der Waals surface area contributed by atoms with Crippen molar-refractivity contribution in [3.05, 3.63) is 29.1 Å². The van der Waals surface area contributed by atoms with E-state index in [9.17, 15) is 4.39 Å². The Labute approximate surface area is 88.0 Å². The molecule has 15 heavy (non-hydrogen) atoms. The molecule has 2 rings (SSSR count). The summed E-state index contributed by atoms with van der Waals surface area (Å²) in [6.45, 7) is 1.12. The zero-order valence-corrected chi connectivity index (χ0v) is 8.46. The summed E-state index contributed by atoms with van der Waals surface area (Å²) < 4.78 is 23.8. The minimum absolute atomic E-state index is 0.200. The van der Waals surface area contributed by atoms with Crippen molar-refractivity contribution in [3.63, 3.8) is 0 Å². The van der Waals surface area contributed by atoms with Crippen molar-refractivity contribution in [1.82, 2.24) is 0 Å². The summed E-state index contributed by atoms with van der Waals surface area (Å²) >= 11 is 0. The van der Waals surface area contributed by atoms with Crippen LogP contribution in [-0.4, -0.2) is 13.3 Å².